The van der Waals surface area contributed by atoms with Gasteiger partial charge < -0.3 is 9.80 Å². The Labute approximate surface area is 168 Å². The second-order valence-electron chi connectivity index (χ2n) is 7.70. The highest BCUT2D eigenvalue weighted by Gasteiger charge is 2.24. The van der Waals surface area contributed by atoms with Gasteiger partial charge in [-0.25, -0.2) is 4.52 Å². The summed E-state index contributed by atoms with van der Waals surface area (Å²) in [5.74, 6) is 0.0278. The molecule has 2 fully saturated rings. The van der Waals surface area contributed by atoms with E-state index in [4.69, 9.17) is 0 Å². The number of hydrogen-bond donors (Lipinski definition) is 0. The first-order chi connectivity index (χ1) is 14.2. The third kappa shape index (κ3) is 3.16. The van der Waals surface area contributed by atoms with E-state index in [9.17, 15) is 9.59 Å². The lowest BCUT2D eigenvalue weighted by Gasteiger charge is -2.30. The van der Waals surface area contributed by atoms with Crippen LogP contribution in [-0.4, -0.2) is 62.4 Å². The van der Waals surface area contributed by atoms with Gasteiger partial charge in [-0.1, -0.05) is 6.07 Å². The van der Waals surface area contributed by atoms with Crippen molar-refractivity contribution in [2.24, 2.45) is 0 Å². The van der Waals surface area contributed by atoms with Gasteiger partial charge in [0.25, 0.3) is 11.8 Å². The summed E-state index contributed by atoms with van der Waals surface area (Å²) in [6.45, 7) is 3.24. The highest BCUT2D eigenvalue weighted by molar-refractivity contribution is 6.01. The van der Waals surface area contributed by atoms with E-state index in [1.807, 2.05) is 29.2 Å². The molecule has 7 nitrogen and oxygen atoms in total. The zero-order chi connectivity index (χ0) is 19.8. The van der Waals surface area contributed by atoms with Crippen molar-refractivity contribution in [3.63, 3.8) is 0 Å². The standard InChI is InChI=1S/C22H23N5O2/c28-21(25-10-2-1-3-11-25)17-15-24-27-19(6-4-7-20(17)27)16-8-9-18(23-14-16)22(29)26-12-5-13-26/h4,6-9,14-15H,1-3,5,10-13H2. The second-order valence-corrected chi connectivity index (χ2v) is 7.70. The highest BCUT2D eigenvalue weighted by atomic mass is 16.2. The molecule has 5 heterocycles. The van der Waals surface area contributed by atoms with Crippen LogP contribution in [-0.2, 0) is 0 Å². The van der Waals surface area contributed by atoms with E-state index in [0.29, 0.717) is 11.3 Å². The topological polar surface area (TPSA) is 70.8 Å². The van der Waals surface area contributed by atoms with Crippen LogP contribution in [0.4, 0.5) is 0 Å². The number of piperidine rings is 1. The summed E-state index contributed by atoms with van der Waals surface area (Å²) in [5, 5.41) is 4.49. The lowest BCUT2D eigenvalue weighted by molar-refractivity contribution is 0.0645. The fourth-order valence-electron chi connectivity index (χ4n) is 4.02. The molecule has 2 saturated heterocycles. The molecule has 0 bridgehead atoms. The molecule has 2 aliphatic heterocycles. The minimum Gasteiger partial charge on any atom is -0.339 e. The lowest BCUT2D eigenvalue weighted by Crippen LogP contribution is -2.42. The molecular weight excluding hydrogens is 366 g/mol. The van der Waals surface area contributed by atoms with Crippen molar-refractivity contribution in [1.29, 1.82) is 0 Å². The Hall–Kier alpha value is -3.22. The maximum Gasteiger partial charge on any atom is 0.272 e. The predicted octanol–water partition coefficient (Wildman–Crippen LogP) is 2.87. The number of fused-ring (bicyclic) bond motifs is 1. The van der Waals surface area contributed by atoms with Gasteiger partial charge in [0.1, 0.15) is 5.69 Å². The largest absolute Gasteiger partial charge is 0.339 e. The monoisotopic (exact) mass is 389 g/mol. The molecule has 0 aromatic carbocycles. The Morgan fingerprint density at radius 1 is 0.793 bits per heavy atom. The number of hydrogen-bond acceptors (Lipinski definition) is 4. The first kappa shape index (κ1) is 17.8. The average molecular weight is 389 g/mol. The van der Waals surface area contributed by atoms with Gasteiger partial charge in [-0.05, 0) is 49.9 Å². The van der Waals surface area contributed by atoms with Crippen molar-refractivity contribution in [1.82, 2.24) is 24.4 Å². The van der Waals surface area contributed by atoms with Crippen LogP contribution in [0, 0.1) is 0 Å². The van der Waals surface area contributed by atoms with Crippen LogP contribution in [0.15, 0.2) is 42.7 Å². The third-order valence-corrected chi connectivity index (χ3v) is 5.84. The molecule has 3 aromatic heterocycles. The van der Waals surface area contributed by atoms with Crippen molar-refractivity contribution in [3.8, 4) is 11.3 Å². The van der Waals surface area contributed by atoms with Gasteiger partial charge in [-0.3, -0.25) is 14.6 Å². The molecule has 0 aliphatic carbocycles. The van der Waals surface area contributed by atoms with Crippen molar-refractivity contribution in [2.75, 3.05) is 26.2 Å². The number of likely N-dealkylation sites (tertiary alicyclic amines) is 2. The zero-order valence-electron chi connectivity index (χ0n) is 16.3. The SMILES string of the molecule is O=C(c1ccc(-c2cccc3c(C(=O)N4CCCCC4)cnn23)cn1)N1CCC1. The van der Waals surface area contributed by atoms with Gasteiger partial charge in [0.2, 0.25) is 0 Å². The summed E-state index contributed by atoms with van der Waals surface area (Å²) in [7, 11) is 0. The van der Waals surface area contributed by atoms with Crippen LogP contribution in [0.1, 0.15) is 46.5 Å². The lowest BCUT2D eigenvalue weighted by atomic mass is 10.1. The van der Waals surface area contributed by atoms with Crippen LogP contribution >= 0.6 is 0 Å². The molecule has 29 heavy (non-hydrogen) atoms. The van der Waals surface area contributed by atoms with Crippen molar-refractivity contribution >= 4 is 17.3 Å². The quantitative estimate of drug-likeness (QED) is 0.691. The Morgan fingerprint density at radius 3 is 2.24 bits per heavy atom. The van der Waals surface area contributed by atoms with E-state index in [1.165, 1.54) is 6.42 Å². The molecule has 3 aromatic rings. The predicted molar refractivity (Wildman–Crippen MR) is 109 cm³/mol. The van der Waals surface area contributed by atoms with E-state index >= 15 is 0 Å². The fraction of sp³-hybridized carbons (Fsp3) is 0.364. The molecule has 0 radical (unpaired) electrons. The summed E-state index contributed by atoms with van der Waals surface area (Å²) in [5.41, 5.74) is 3.58. The minimum atomic E-state index is -0.0190. The summed E-state index contributed by atoms with van der Waals surface area (Å²) < 4.78 is 1.78. The van der Waals surface area contributed by atoms with E-state index < -0.39 is 0 Å². The fourth-order valence-corrected chi connectivity index (χ4v) is 4.02. The van der Waals surface area contributed by atoms with Gasteiger partial charge >= 0.3 is 0 Å². The molecule has 0 N–H and O–H groups in total. The van der Waals surface area contributed by atoms with Gasteiger partial charge in [0.15, 0.2) is 0 Å². The van der Waals surface area contributed by atoms with Crippen LogP contribution in [0.5, 0.6) is 0 Å². The van der Waals surface area contributed by atoms with E-state index in [2.05, 4.69) is 10.1 Å². The van der Waals surface area contributed by atoms with E-state index in [0.717, 1.165) is 62.2 Å². The summed E-state index contributed by atoms with van der Waals surface area (Å²) in [6.07, 6.45) is 7.73. The van der Waals surface area contributed by atoms with Crippen molar-refractivity contribution in [2.45, 2.75) is 25.7 Å². The number of amides is 2. The van der Waals surface area contributed by atoms with Crippen LogP contribution in [0.25, 0.3) is 16.8 Å². The van der Waals surface area contributed by atoms with E-state index in [1.54, 1.807) is 27.9 Å². The molecular formula is C22H23N5O2. The van der Waals surface area contributed by atoms with Gasteiger partial charge in [-0.2, -0.15) is 5.10 Å². The number of pyridine rings is 2. The van der Waals surface area contributed by atoms with Gasteiger partial charge in [-0.15, -0.1) is 0 Å². The molecule has 2 aliphatic rings. The highest BCUT2D eigenvalue weighted by Crippen LogP contribution is 2.24. The zero-order valence-corrected chi connectivity index (χ0v) is 16.3. The number of carbonyl (C=O) groups excluding carboxylic acids is 2. The van der Waals surface area contributed by atoms with Crippen LogP contribution in [0.3, 0.4) is 0 Å². The smallest absolute Gasteiger partial charge is 0.272 e. The normalized spacial score (nSPS) is 16.7. The molecule has 0 saturated carbocycles. The average Bonchev–Trinajstić information content (AvgIpc) is 3.17. The molecule has 0 unspecified atom stereocenters. The van der Waals surface area contributed by atoms with Gasteiger partial charge in [0.05, 0.1) is 23.0 Å². The number of carbonyl (C=O) groups is 2. The Morgan fingerprint density at radius 2 is 1.55 bits per heavy atom. The first-order valence-corrected chi connectivity index (χ1v) is 10.2. The molecule has 2 amide bonds. The summed E-state index contributed by atoms with van der Waals surface area (Å²) >= 11 is 0. The second kappa shape index (κ2) is 7.31. The summed E-state index contributed by atoms with van der Waals surface area (Å²) in [6, 6.07) is 9.45. The van der Waals surface area contributed by atoms with Crippen LogP contribution in [0.2, 0.25) is 0 Å². The molecule has 0 spiro atoms. The molecule has 148 valence electrons. The number of nitrogens with zero attached hydrogens (tertiary/aromatic N) is 5. The summed E-state index contributed by atoms with van der Waals surface area (Å²) in [4.78, 5) is 33.4. The van der Waals surface area contributed by atoms with Crippen molar-refractivity contribution in [3.05, 3.63) is 54.0 Å². The Kier molecular flexibility index (Phi) is 4.50. The molecule has 5 rings (SSSR count). The van der Waals surface area contributed by atoms with E-state index in [-0.39, 0.29) is 11.8 Å². The number of rotatable bonds is 3. The van der Waals surface area contributed by atoms with Crippen molar-refractivity contribution < 1.29 is 9.59 Å². The van der Waals surface area contributed by atoms with Crippen LogP contribution < -0.4 is 0 Å². The van der Waals surface area contributed by atoms with Gasteiger partial charge in [0, 0.05) is 37.9 Å². The minimum absolute atomic E-state index is 0.0190. The third-order valence-electron chi connectivity index (χ3n) is 5.84. The Balaban J connectivity index is 1.45. The maximum absolute atomic E-state index is 13.0. The molecule has 0 atom stereocenters. The Bertz CT molecular complexity index is 1060. The number of aromatic nitrogens is 3. The maximum atomic E-state index is 13.0. The first-order valence-electron chi connectivity index (χ1n) is 10.2. The molecule has 7 heteroatoms.